The van der Waals surface area contributed by atoms with Crippen molar-refractivity contribution >= 4 is 11.9 Å². The highest BCUT2D eigenvalue weighted by atomic mass is 16.6. The molecule has 6 heteroatoms. The molecule has 0 aromatic rings. The molecular formula is C29H51NO5. The molecule has 1 heterocycles. The van der Waals surface area contributed by atoms with Gasteiger partial charge in [-0.25, -0.2) is 0 Å². The maximum atomic E-state index is 12.3. The van der Waals surface area contributed by atoms with Gasteiger partial charge < -0.3 is 14.2 Å². The second-order valence-electron chi connectivity index (χ2n) is 9.75. The highest BCUT2D eigenvalue weighted by Crippen LogP contribution is 2.16. The van der Waals surface area contributed by atoms with Gasteiger partial charge in [0, 0.05) is 13.5 Å². The lowest BCUT2D eigenvalue weighted by Crippen LogP contribution is -2.36. The molecule has 0 saturated carbocycles. The number of nitrogens with zero attached hydrogens (tertiary/aromatic N) is 1. The first-order chi connectivity index (χ1) is 17.1. The van der Waals surface area contributed by atoms with Crippen LogP contribution >= 0.6 is 0 Å². The molecule has 2 unspecified atom stereocenters. The van der Waals surface area contributed by atoms with Crippen LogP contribution in [0.3, 0.4) is 0 Å². The van der Waals surface area contributed by atoms with E-state index in [2.05, 4.69) is 31.2 Å². The zero-order valence-corrected chi connectivity index (χ0v) is 22.7. The van der Waals surface area contributed by atoms with Crippen molar-refractivity contribution in [1.29, 1.82) is 0 Å². The summed E-state index contributed by atoms with van der Waals surface area (Å²) < 4.78 is 16.1. The average molecular weight is 494 g/mol. The molecule has 2 atom stereocenters. The summed E-state index contributed by atoms with van der Waals surface area (Å²) in [5, 5.41) is 0. The summed E-state index contributed by atoms with van der Waals surface area (Å²) in [6.45, 7) is 3.99. The number of allylic oxidation sites excluding steroid dienone is 4. The van der Waals surface area contributed by atoms with Crippen molar-refractivity contribution in [1.82, 2.24) is 4.90 Å². The maximum absolute atomic E-state index is 12.3. The van der Waals surface area contributed by atoms with Crippen molar-refractivity contribution in [2.45, 2.75) is 103 Å². The number of unbranched alkanes of at least 4 members (excludes halogenated alkanes) is 8. The quantitative estimate of drug-likeness (QED) is 0.107. The van der Waals surface area contributed by atoms with Gasteiger partial charge in [-0.15, -0.1) is 0 Å². The van der Waals surface area contributed by atoms with Gasteiger partial charge in [0.15, 0.2) is 0 Å². The molecule has 0 N–H and O–H groups in total. The number of hydrogen-bond acceptors (Lipinski definition) is 6. The summed E-state index contributed by atoms with van der Waals surface area (Å²) in [4.78, 5) is 26.4. The summed E-state index contributed by atoms with van der Waals surface area (Å²) in [5.74, 6) is -0.509. The van der Waals surface area contributed by atoms with E-state index < -0.39 is 0 Å². The molecule has 202 valence electrons. The highest BCUT2D eigenvalue weighted by molar-refractivity contribution is 5.76. The molecule has 0 amide bonds. The number of likely N-dealkylation sites (N-methyl/N-ethyl adjacent to an activating group) is 1. The van der Waals surface area contributed by atoms with Crippen molar-refractivity contribution in [2.75, 3.05) is 40.5 Å². The molecule has 1 fully saturated rings. The summed E-state index contributed by atoms with van der Waals surface area (Å²) in [6.07, 6.45) is 24.2. The molecule has 35 heavy (non-hydrogen) atoms. The van der Waals surface area contributed by atoms with Gasteiger partial charge >= 0.3 is 11.9 Å². The predicted octanol–water partition coefficient (Wildman–Crippen LogP) is 6.24. The molecule has 0 bridgehead atoms. The minimum Gasteiger partial charge on any atom is -0.465 e. The van der Waals surface area contributed by atoms with E-state index in [9.17, 15) is 9.59 Å². The lowest BCUT2D eigenvalue weighted by Gasteiger charge is -2.20. The van der Waals surface area contributed by atoms with Gasteiger partial charge in [0.25, 0.3) is 0 Å². The highest BCUT2D eigenvalue weighted by Gasteiger charge is 2.29. The molecule has 1 saturated heterocycles. The lowest BCUT2D eigenvalue weighted by atomic mass is 10.1. The number of carbonyl (C=O) groups is 2. The Kier molecular flexibility index (Phi) is 19.4. The molecule has 0 radical (unpaired) electrons. The molecule has 1 aliphatic rings. The minimum atomic E-state index is -0.192. The fourth-order valence-electron chi connectivity index (χ4n) is 4.25. The van der Waals surface area contributed by atoms with Gasteiger partial charge in [-0.05, 0) is 65.0 Å². The average Bonchev–Trinajstić information content (AvgIpc) is 3.29. The van der Waals surface area contributed by atoms with E-state index in [0.29, 0.717) is 13.0 Å². The minimum absolute atomic E-state index is 0.135. The van der Waals surface area contributed by atoms with Gasteiger partial charge in [0.2, 0.25) is 0 Å². The van der Waals surface area contributed by atoms with Crippen LogP contribution in [0.1, 0.15) is 96.8 Å². The van der Waals surface area contributed by atoms with E-state index in [4.69, 9.17) is 14.2 Å². The number of ether oxygens (including phenoxy) is 3. The zero-order chi connectivity index (χ0) is 25.6. The van der Waals surface area contributed by atoms with Crippen molar-refractivity contribution in [3.8, 4) is 0 Å². The fraction of sp³-hybridized carbons (Fsp3) is 0.793. The van der Waals surface area contributed by atoms with E-state index in [1.165, 1.54) is 38.5 Å². The molecule has 0 aromatic carbocycles. The van der Waals surface area contributed by atoms with E-state index >= 15 is 0 Å². The van der Waals surface area contributed by atoms with Crippen LogP contribution in [0.4, 0.5) is 0 Å². The molecule has 6 nitrogen and oxygen atoms in total. The van der Waals surface area contributed by atoms with E-state index in [1.54, 1.807) is 7.11 Å². The number of carbonyl (C=O) groups excluding carboxylic acids is 2. The van der Waals surface area contributed by atoms with Gasteiger partial charge in [-0.3, -0.25) is 14.5 Å². The van der Waals surface area contributed by atoms with Crippen molar-refractivity contribution in [3.05, 3.63) is 24.3 Å². The number of rotatable bonds is 21. The number of esters is 2. The lowest BCUT2D eigenvalue weighted by molar-refractivity contribution is -0.153. The molecule has 0 spiro atoms. The van der Waals surface area contributed by atoms with Crippen LogP contribution in [-0.2, 0) is 23.8 Å². The Hall–Kier alpha value is -1.66. The Labute approximate surface area is 214 Å². The number of likely N-dealkylation sites (tertiary alicyclic amines) is 1. The summed E-state index contributed by atoms with van der Waals surface area (Å²) in [6, 6.07) is -0.154. The molecule has 1 aliphatic heterocycles. The Morgan fingerprint density at radius 1 is 0.886 bits per heavy atom. The van der Waals surface area contributed by atoms with Crippen LogP contribution in [0, 0.1) is 5.92 Å². The Morgan fingerprint density at radius 3 is 2.20 bits per heavy atom. The van der Waals surface area contributed by atoms with Gasteiger partial charge in [-0.2, -0.15) is 0 Å². The third kappa shape index (κ3) is 16.6. The van der Waals surface area contributed by atoms with E-state index in [1.807, 2.05) is 11.9 Å². The summed E-state index contributed by atoms with van der Waals surface area (Å²) in [7, 11) is 3.55. The number of hydrogen-bond donors (Lipinski definition) is 0. The van der Waals surface area contributed by atoms with Crippen LogP contribution in [-0.4, -0.2) is 63.4 Å². The van der Waals surface area contributed by atoms with Crippen LogP contribution < -0.4 is 0 Å². The first-order valence-corrected chi connectivity index (χ1v) is 13.9. The van der Waals surface area contributed by atoms with E-state index in [-0.39, 0.29) is 37.1 Å². The van der Waals surface area contributed by atoms with Crippen molar-refractivity contribution < 1.29 is 23.8 Å². The maximum Gasteiger partial charge on any atom is 0.323 e. The second kappa shape index (κ2) is 21.6. The molecule has 0 aliphatic carbocycles. The fourth-order valence-corrected chi connectivity index (χ4v) is 4.25. The van der Waals surface area contributed by atoms with Gasteiger partial charge in [-0.1, -0.05) is 63.3 Å². The van der Waals surface area contributed by atoms with E-state index in [0.717, 1.165) is 51.5 Å². The molecule has 0 aromatic heterocycles. The first kappa shape index (κ1) is 31.4. The van der Waals surface area contributed by atoms with Crippen molar-refractivity contribution in [3.63, 3.8) is 0 Å². The zero-order valence-electron chi connectivity index (χ0n) is 22.7. The van der Waals surface area contributed by atoms with Crippen LogP contribution in [0.2, 0.25) is 0 Å². The second-order valence-corrected chi connectivity index (χ2v) is 9.75. The predicted molar refractivity (Wildman–Crippen MR) is 142 cm³/mol. The number of methoxy groups -OCH3 is 1. The SMILES string of the molecule is CCCCC/C=C\C/C=C\CCCCCCCC(=O)OCC(COC)COC(=O)C1CCCN1C. The van der Waals surface area contributed by atoms with Crippen LogP contribution in [0.25, 0.3) is 0 Å². The standard InChI is InChI=1S/C29H51NO5/c1-4-5-6-7-8-9-10-11-12-13-14-15-16-17-18-21-28(31)34-24-26(23-33-3)25-35-29(32)27-20-19-22-30(27)2/h8-9,11-12,26-27H,4-7,10,13-25H2,1-3H3/b9-8-,12-11-. The monoisotopic (exact) mass is 493 g/mol. The summed E-state index contributed by atoms with van der Waals surface area (Å²) >= 11 is 0. The van der Waals surface area contributed by atoms with Crippen LogP contribution in [0.5, 0.6) is 0 Å². The molecule has 1 rings (SSSR count). The third-order valence-corrected chi connectivity index (χ3v) is 6.47. The third-order valence-electron chi connectivity index (χ3n) is 6.47. The Bertz CT molecular complexity index is 604. The topological polar surface area (TPSA) is 65.1 Å². The molecular weight excluding hydrogens is 442 g/mol. The first-order valence-electron chi connectivity index (χ1n) is 13.9. The van der Waals surface area contributed by atoms with Crippen LogP contribution in [0.15, 0.2) is 24.3 Å². The van der Waals surface area contributed by atoms with Crippen molar-refractivity contribution in [2.24, 2.45) is 5.92 Å². The smallest absolute Gasteiger partial charge is 0.323 e. The largest absolute Gasteiger partial charge is 0.465 e. The Morgan fingerprint density at radius 2 is 1.54 bits per heavy atom. The summed E-state index contributed by atoms with van der Waals surface area (Å²) in [5.41, 5.74) is 0. The van der Waals surface area contributed by atoms with Gasteiger partial charge in [0.1, 0.15) is 6.04 Å². The Balaban J connectivity index is 2.01. The van der Waals surface area contributed by atoms with Gasteiger partial charge in [0.05, 0.1) is 25.7 Å². The normalized spacial score (nSPS) is 17.4.